The van der Waals surface area contributed by atoms with Crippen molar-refractivity contribution in [3.05, 3.63) is 51.5 Å². The Bertz CT molecular complexity index is 836. The molecule has 0 fully saturated rings. The first-order valence-electron chi connectivity index (χ1n) is 6.98. The molecule has 0 saturated heterocycles. The molecule has 0 amide bonds. The van der Waals surface area contributed by atoms with E-state index < -0.39 is 0 Å². The molecular formula is C15H15FN4S. The van der Waals surface area contributed by atoms with E-state index >= 15 is 0 Å². The van der Waals surface area contributed by atoms with Gasteiger partial charge in [-0.25, -0.2) is 13.9 Å². The molecule has 21 heavy (non-hydrogen) atoms. The van der Waals surface area contributed by atoms with Gasteiger partial charge in [0.1, 0.15) is 10.8 Å². The number of hydrogen-bond acceptors (Lipinski definition) is 4. The number of nitrogens with one attached hydrogen (secondary N) is 1. The lowest BCUT2D eigenvalue weighted by Gasteiger charge is -2.24. The molecule has 1 atom stereocenters. The smallest absolute Gasteiger partial charge is 0.212 e. The zero-order valence-corrected chi connectivity index (χ0v) is 12.7. The van der Waals surface area contributed by atoms with Gasteiger partial charge in [-0.1, -0.05) is 23.5 Å². The molecule has 108 valence electrons. The Morgan fingerprint density at radius 2 is 2.24 bits per heavy atom. The second kappa shape index (κ2) is 4.61. The molecule has 0 unspecified atom stereocenters. The summed E-state index contributed by atoms with van der Waals surface area (Å²) in [5.41, 5.74) is 3.59. The van der Waals surface area contributed by atoms with Gasteiger partial charge in [0.2, 0.25) is 4.96 Å². The van der Waals surface area contributed by atoms with Crippen LogP contribution in [0, 0.1) is 19.7 Å². The molecule has 3 heterocycles. The van der Waals surface area contributed by atoms with Gasteiger partial charge in [0.25, 0.3) is 0 Å². The Morgan fingerprint density at radius 3 is 3.05 bits per heavy atom. The quantitative estimate of drug-likeness (QED) is 0.751. The van der Waals surface area contributed by atoms with Crippen molar-refractivity contribution >= 4 is 16.3 Å². The minimum Gasteiger partial charge on any atom is -0.304 e. The van der Waals surface area contributed by atoms with Crippen LogP contribution >= 0.6 is 11.3 Å². The molecule has 0 spiro atoms. The number of benzene rings is 1. The van der Waals surface area contributed by atoms with E-state index in [0.29, 0.717) is 5.56 Å². The van der Waals surface area contributed by atoms with Crippen LogP contribution in [0.15, 0.2) is 18.2 Å². The van der Waals surface area contributed by atoms with Gasteiger partial charge >= 0.3 is 0 Å². The first-order valence-corrected chi connectivity index (χ1v) is 7.79. The third kappa shape index (κ3) is 1.98. The highest BCUT2D eigenvalue weighted by Gasteiger charge is 2.29. The van der Waals surface area contributed by atoms with Crippen LogP contribution in [0.3, 0.4) is 0 Å². The first-order chi connectivity index (χ1) is 10.1. The molecule has 4 rings (SSSR count). The summed E-state index contributed by atoms with van der Waals surface area (Å²) < 4.78 is 16.2. The van der Waals surface area contributed by atoms with Crippen LogP contribution in [-0.4, -0.2) is 21.1 Å². The summed E-state index contributed by atoms with van der Waals surface area (Å²) in [6.07, 6.45) is 0.856. The van der Waals surface area contributed by atoms with Crippen LogP contribution in [-0.2, 0) is 6.42 Å². The second-order valence-electron chi connectivity index (χ2n) is 5.42. The third-order valence-electron chi connectivity index (χ3n) is 3.87. The van der Waals surface area contributed by atoms with Crippen LogP contribution < -0.4 is 5.32 Å². The minimum atomic E-state index is -0.189. The van der Waals surface area contributed by atoms with Gasteiger partial charge in [-0.05, 0) is 25.5 Å². The monoisotopic (exact) mass is 302 g/mol. The van der Waals surface area contributed by atoms with Crippen molar-refractivity contribution < 1.29 is 4.39 Å². The highest BCUT2D eigenvalue weighted by atomic mass is 32.1. The van der Waals surface area contributed by atoms with E-state index in [1.165, 1.54) is 0 Å². The summed E-state index contributed by atoms with van der Waals surface area (Å²) in [6, 6.07) is 5.19. The van der Waals surface area contributed by atoms with E-state index in [9.17, 15) is 4.39 Å². The molecule has 2 aromatic heterocycles. The van der Waals surface area contributed by atoms with E-state index in [2.05, 4.69) is 15.4 Å². The summed E-state index contributed by atoms with van der Waals surface area (Å²) in [5, 5.41) is 8.89. The fourth-order valence-corrected chi connectivity index (χ4v) is 3.70. The van der Waals surface area contributed by atoms with Crippen molar-refractivity contribution in [1.29, 1.82) is 0 Å². The van der Waals surface area contributed by atoms with Gasteiger partial charge in [0.15, 0.2) is 0 Å². The van der Waals surface area contributed by atoms with Crippen LogP contribution in [0.1, 0.15) is 33.6 Å². The van der Waals surface area contributed by atoms with Gasteiger partial charge in [-0.2, -0.15) is 5.10 Å². The molecule has 0 aliphatic carbocycles. The highest BCUT2D eigenvalue weighted by Crippen LogP contribution is 2.32. The lowest BCUT2D eigenvalue weighted by atomic mass is 9.96. The standard InChI is InChI=1S/C15H15FN4S/c1-8-3-4-10(11(16)7-8)13-14-12(5-6-17-13)18-15-20(14)19-9(2)21-15/h3-4,7,13,17H,5-6H2,1-2H3/t13-/m0/s1. The second-order valence-corrected chi connectivity index (χ2v) is 6.58. The fraction of sp³-hybridized carbons (Fsp3) is 0.333. The van der Waals surface area contributed by atoms with Crippen LogP contribution in [0.25, 0.3) is 4.96 Å². The van der Waals surface area contributed by atoms with Gasteiger partial charge in [-0.15, -0.1) is 0 Å². The summed E-state index contributed by atoms with van der Waals surface area (Å²) >= 11 is 1.57. The van der Waals surface area contributed by atoms with Gasteiger partial charge in [0.05, 0.1) is 17.4 Å². The molecule has 1 N–H and O–H groups in total. The van der Waals surface area contributed by atoms with Gasteiger partial charge in [-0.3, -0.25) is 0 Å². The number of hydrogen-bond donors (Lipinski definition) is 1. The highest BCUT2D eigenvalue weighted by molar-refractivity contribution is 7.16. The Balaban J connectivity index is 1.92. The molecule has 3 aromatic rings. The van der Waals surface area contributed by atoms with E-state index in [4.69, 9.17) is 0 Å². The Hall–Kier alpha value is -1.79. The normalized spacial score (nSPS) is 18.1. The molecule has 0 bridgehead atoms. The van der Waals surface area contributed by atoms with Crippen molar-refractivity contribution in [2.24, 2.45) is 0 Å². The number of fused-ring (bicyclic) bond motifs is 3. The van der Waals surface area contributed by atoms with E-state index in [1.807, 2.05) is 30.5 Å². The molecule has 0 saturated carbocycles. The number of nitrogens with zero attached hydrogens (tertiary/aromatic N) is 3. The number of halogens is 1. The van der Waals surface area contributed by atoms with Crippen molar-refractivity contribution in [3.63, 3.8) is 0 Å². The third-order valence-corrected chi connectivity index (χ3v) is 4.69. The lowest BCUT2D eigenvalue weighted by Crippen LogP contribution is -2.32. The first kappa shape index (κ1) is 12.9. The maximum atomic E-state index is 14.4. The van der Waals surface area contributed by atoms with Crippen LogP contribution in [0.2, 0.25) is 0 Å². The average Bonchev–Trinajstić information content (AvgIpc) is 2.94. The van der Waals surface area contributed by atoms with Crippen LogP contribution in [0.5, 0.6) is 0 Å². The number of aryl methyl sites for hydroxylation is 2. The average molecular weight is 302 g/mol. The Kier molecular flexibility index (Phi) is 2.83. The van der Waals surface area contributed by atoms with Crippen LogP contribution in [0.4, 0.5) is 4.39 Å². The molecular weight excluding hydrogens is 287 g/mol. The maximum absolute atomic E-state index is 14.4. The van der Waals surface area contributed by atoms with E-state index in [0.717, 1.165) is 39.9 Å². The fourth-order valence-electron chi connectivity index (χ4n) is 2.93. The number of imidazole rings is 1. The summed E-state index contributed by atoms with van der Waals surface area (Å²) in [7, 11) is 0. The van der Waals surface area contributed by atoms with Crippen molar-refractivity contribution in [2.75, 3.05) is 6.54 Å². The molecule has 6 heteroatoms. The van der Waals surface area contributed by atoms with Crippen molar-refractivity contribution in [3.8, 4) is 0 Å². The zero-order valence-electron chi connectivity index (χ0n) is 11.9. The Morgan fingerprint density at radius 1 is 1.38 bits per heavy atom. The topological polar surface area (TPSA) is 42.2 Å². The van der Waals surface area contributed by atoms with Crippen molar-refractivity contribution in [1.82, 2.24) is 19.9 Å². The van der Waals surface area contributed by atoms with Gasteiger partial charge in [0, 0.05) is 18.5 Å². The van der Waals surface area contributed by atoms with Crippen molar-refractivity contribution in [2.45, 2.75) is 26.3 Å². The SMILES string of the molecule is Cc1ccc([C@@H]2NCCc3nc4sc(C)nn4c32)c(F)c1. The largest absolute Gasteiger partial charge is 0.304 e. The Labute approximate surface area is 125 Å². The maximum Gasteiger partial charge on any atom is 0.212 e. The molecule has 1 aliphatic rings. The molecule has 0 radical (unpaired) electrons. The van der Waals surface area contributed by atoms with E-state index in [-0.39, 0.29) is 11.9 Å². The summed E-state index contributed by atoms with van der Waals surface area (Å²) in [5.74, 6) is -0.178. The number of rotatable bonds is 1. The summed E-state index contributed by atoms with van der Waals surface area (Å²) in [4.78, 5) is 5.54. The molecule has 4 nitrogen and oxygen atoms in total. The molecule has 1 aromatic carbocycles. The molecule has 1 aliphatic heterocycles. The minimum absolute atomic E-state index is 0.178. The van der Waals surface area contributed by atoms with E-state index in [1.54, 1.807) is 17.4 Å². The predicted octanol–water partition coefficient (Wildman–Crippen LogP) is 2.78. The lowest BCUT2D eigenvalue weighted by molar-refractivity contribution is 0.509. The number of aromatic nitrogens is 3. The van der Waals surface area contributed by atoms with Gasteiger partial charge < -0.3 is 5.32 Å². The zero-order chi connectivity index (χ0) is 14.6. The summed E-state index contributed by atoms with van der Waals surface area (Å²) in [6.45, 7) is 4.66. The predicted molar refractivity (Wildman–Crippen MR) is 80.3 cm³/mol.